The lowest BCUT2D eigenvalue weighted by Gasteiger charge is -2.21. The van der Waals surface area contributed by atoms with E-state index >= 15 is 0 Å². The van der Waals surface area contributed by atoms with Crippen LogP contribution in [0.5, 0.6) is 0 Å². The number of hydrogen-bond donors (Lipinski definition) is 1. The predicted octanol–water partition coefficient (Wildman–Crippen LogP) is 1.24. The lowest BCUT2D eigenvalue weighted by molar-refractivity contribution is -0.131. The van der Waals surface area contributed by atoms with Crippen LogP contribution in [0.3, 0.4) is 0 Å². The molecule has 1 saturated heterocycles. The van der Waals surface area contributed by atoms with Gasteiger partial charge in [0.2, 0.25) is 5.91 Å². The Morgan fingerprint density at radius 1 is 1.22 bits per heavy atom. The Hall–Kier alpha value is -2.08. The number of hydrogen-bond acceptors (Lipinski definition) is 4. The predicted molar refractivity (Wildman–Crippen MR) is 83.5 cm³/mol. The Balaban J connectivity index is 1.55. The molecule has 3 rings (SSSR count). The number of nitrogens with zero attached hydrogens (tertiary/aromatic N) is 2. The molecule has 6 nitrogen and oxygen atoms in total. The Bertz CT molecular complexity index is 559. The molecule has 0 bridgehead atoms. The molecule has 23 heavy (non-hydrogen) atoms. The average molecular weight is 318 g/mol. The van der Waals surface area contributed by atoms with Crippen molar-refractivity contribution in [2.24, 2.45) is 5.92 Å². The van der Waals surface area contributed by atoms with E-state index in [-0.39, 0.29) is 32.1 Å². The summed E-state index contributed by atoms with van der Waals surface area (Å²) in [6.07, 6.45) is 0.991. The average Bonchev–Trinajstić information content (AvgIpc) is 3.36. The van der Waals surface area contributed by atoms with Crippen LogP contribution >= 0.6 is 0 Å². The van der Waals surface area contributed by atoms with Gasteiger partial charge in [0.1, 0.15) is 13.2 Å². The lowest BCUT2D eigenvalue weighted by atomic mass is 10.2. The Kier molecular flexibility index (Phi) is 4.81. The van der Waals surface area contributed by atoms with Crippen molar-refractivity contribution in [3.8, 4) is 0 Å². The van der Waals surface area contributed by atoms with Gasteiger partial charge in [0.15, 0.2) is 0 Å². The molecule has 1 heterocycles. The number of carbonyl (C=O) groups excluding carboxylic acids is 2. The third-order valence-electron chi connectivity index (χ3n) is 4.18. The van der Waals surface area contributed by atoms with Gasteiger partial charge in [-0.1, -0.05) is 30.3 Å². The summed E-state index contributed by atoms with van der Waals surface area (Å²) >= 11 is 0. The van der Waals surface area contributed by atoms with Crippen LogP contribution in [0.15, 0.2) is 30.3 Å². The Labute approximate surface area is 135 Å². The van der Waals surface area contributed by atoms with Crippen molar-refractivity contribution in [2.75, 3.05) is 26.2 Å². The summed E-state index contributed by atoms with van der Waals surface area (Å²) in [5.41, 5.74) is 0.887. The molecule has 124 valence electrons. The molecule has 1 aliphatic heterocycles. The molecule has 1 unspecified atom stereocenters. The van der Waals surface area contributed by atoms with E-state index in [2.05, 4.69) is 0 Å². The van der Waals surface area contributed by atoms with Crippen molar-refractivity contribution in [3.05, 3.63) is 35.9 Å². The maximum absolute atomic E-state index is 12.3. The fraction of sp³-hybridized carbons (Fsp3) is 0.529. The summed E-state index contributed by atoms with van der Waals surface area (Å²) in [7, 11) is 0. The van der Waals surface area contributed by atoms with Crippen molar-refractivity contribution in [3.63, 3.8) is 0 Å². The highest BCUT2D eigenvalue weighted by atomic mass is 16.6. The fourth-order valence-electron chi connectivity index (χ4n) is 2.73. The van der Waals surface area contributed by atoms with Crippen LogP contribution < -0.4 is 0 Å². The second-order valence-electron chi connectivity index (χ2n) is 6.32. The third kappa shape index (κ3) is 4.45. The molecule has 1 aromatic rings. The van der Waals surface area contributed by atoms with Crippen LogP contribution in [0, 0.1) is 5.92 Å². The molecule has 2 fully saturated rings. The van der Waals surface area contributed by atoms with E-state index in [1.165, 1.54) is 4.90 Å². The normalized spacial score (nSPS) is 22.0. The highest BCUT2D eigenvalue weighted by molar-refractivity contribution is 5.83. The molecule has 1 aromatic carbocycles. The minimum absolute atomic E-state index is 0.0304. The topological polar surface area (TPSA) is 70.1 Å². The minimum Gasteiger partial charge on any atom is -0.445 e. The van der Waals surface area contributed by atoms with E-state index in [0.717, 1.165) is 18.4 Å². The molecule has 2 amide bonds. The second-order valence-corrected chi connectivity index (χ2v) is 6.32. The number of aliphatic hydroxyl groups excluding tert-OH is 1. The molecule has 1 N–H and O–H groups in total. The molecular formula is C17H22N2O4. The Morgan fingerprint density at radius 2 is 1.96 bits per heavy atom. The van der Waals surface area contributed by atoms with Gasteiger partial charge in [-0.3, -0.25) is 9.69 Å². The maximum Gasteiger partial charge on any atom is 0.410 e. The molecule has 2 aliphatic rings. The molecule has 1 aliphatic carbocycles. The zero-order valence-corrected chi connectivity index (χ0v) is 13.1. The van der Waals surface area contributed by atoms with Crippen molar-refractivity contribution in [2.45, 2.75) is 25.6 Å². The van der Waals surface area contributed by atoms with E-state index in [1.807, 2.05) is 30.3 Å². The summed E-state index contributed by atoms with van der Waals surface area (Å²) in [6, 6.07) is 9.38. The maximum atomic E-state index is 12.3. The standard InChI is InChI=1S/C17H22N2O4/c20-15-9-18(8-13-6-7-13)16(21)11-19(10-15)17(22)23-12-14-4-2-1-3-5-14/h1-5,13,15,20H,6-12H2. The van der Waals surface area contributed by atoms with Crippen molar-refractivity contribution in [1.82, 2.24) is 9.80 Å². The first-order valence-corrected chi connectivity index (χ1v) is 8.03. The summed E-state index contributed by atoms with van der Waals surface area (Å²) in [6.45, 7) is 1.23. The summed E-state index contributed by atoms with van der Waals surface area (Å²) in [5, 5.41) is 10.1. The third-order valence-corrected chi connectivity index (χ3v) is 4.18. The smallest absolute Gasteiger partial charge is 0.410 e. The number of rotatable bonds is 4. The van der Waals surface area contributed by atoms with E-state index in [1.54, 1.807) is 4.90 Å². The molecular weight excluding hydrogens is 296 g/mol. The summed E-state index contributed by atoms with van der Waals surface area (Å²) in [5.74, 6) is 0.438. The first-order chi connectivity index (χ1) is 11.1. The van der Waals surface area contributed by atoms with Gasteiger partial charge in [-0.15, -0.1) is 0 Å². The quantitative estimate of drug-likeness (QED) is 0.907. The van der Waals surface area contributed by atoms with E-state index in [4.69, 9.17) is 4.74 Å². The van der Waals surface area contributed by atoms with Crippen LogP contribution in [0.1, 0.15) is 18.4 Å². The van der Waals surface area contributed by atoms with Crippen LogP contribution in [0.25, 0.3) is 0 Å². The first-order valence-electron chi connectivity index (χ1n) is 8.03. The molecule has 1 saturated carbocycles. The molecule has 6 heteroatoms. The minimum atomic E-state index is -0.732. The van der Waals surface area contributed by atoms with Gasteiger partial charge >= 0.3 is 6.09 Å². The van der Waals surface area contributed by atoms with Gasteiger partial charge in [0.25, 0.3) is 0 Å². The van der Waals surface area contributed by atoms with Crippen molar-refractivity contribution < 1.29 is 19.4 Å². The first kappa shape index (κ1) is 15.8. The molecule has 1 atom stereocenters. The van der Waals surface area contributed by atoms with Crippen LogP contribution in [0.2, 0.25) is 0 Å². The summed E-state index contributed by atoms with van der Waals surface area (Å²) < 4.78 is 5.25. The van der Waals surface area contributed by atoms with Gasteiger partial charge in [0.05, 0.1) is 12.6 Å². The Morgan fingerprint density at radius 3 is 2.65 bits per heavy atom. The molecule has 0 aromatic heterocycles. The highest BCUT2D eigenvalue weighted by Crippen LogP contribution is 2.30. The number of carbonyl (C=O) groups is 2. The zero-order chi connectivity index (χ0) is 16.2. The van der Waals surface area contributed by atoms with Crippen LogP contribution in [0.4, 0.5) is 4.79 Å². The van der Waals surface area contributed by atoms with E-state index in [0.29, 0.717) is 12.5 Å². The number of amides is 2. The highest BCUT2D eigenvalue weighted by Gasteiger charge is 2.33. The molecule has 0 radical (unpaired) electrons. The van der Waals surface area contributed by atoms with Gasteiger partial charge in [-0.25, -0.2) is 4.79 Å². The van der Waals surface area contributed by atoms with E-state index in [9.17, 15) is 14.7 Å². The number of aliphatic hydroxyl groups is 1. The van der Waals surface area contributed by atoms with Gasteiger partial charge in [-0.05, 0) is 24.3 Å². The number of ether oxygens (including phenoxy) is 1. The van der Waals surface area contributed by atoms with Crippen LogP contribution in [-0.2, 0) is 16.1 Å². The largest absolute Gasteiger partial charge is 0.445 e. The lowest BCUT2D eigenvalue weighted by Crippen LogP contribution is -2.40. The van der Waals surface area contributed by atoms with Crippen molar-refractivity contribution in [1.29, 1.82) is 0 Å². The summed E-state index contributed by atoms with van der Waals surface area (Å²) in [4.78, 5) is 27.4. The fourth-order valence-corrected chi connectivity index (χ4v) is 2.73. The zero-order valence-electron chi connectivity index (χ0n) is 13.1. The van der Waals surface area contributed by atoms with E-state index < -0.39 is 12.2 Å². The van der Waals surface area contributed by atoms with Gasteiger partial charge in [0, 0.05) is 13.1 Å². The van der Waals surface area contributed by atoms with Gasteiger partial charge < -0.3 is 14.7 Å². The van der Waals surface area contributed by atoms with Crippen molar-refractivity contribution >= 4 is 12.0 Å². The number of benzene rings is 1. The van der Waals surface area contributed by atoms with Crippen LogP contribution in [-0.4, -0.2) is 59.2 Å². The monoisotopic (exact) mass is 318 g/mol. The van der Waals surface area contributed by atoms with Gasteiger partial charge in [-0.2, -0.15) is 0 Å². The number of β-amino-alcohol motifs (C(OH)–C–C–N with tert-alkyl or cyclic N) is 1. The molecule has 0 spiro atoms. The SMILES string of the molecule is O=C1CN(C(=O)OCc2ccccc2)CC(O)CN1CC1CC1. The second kappa shape index (κ2) is 7.00.